The van der Waals surface area contributed by atoms with Gasteiger partial charge in [-0.15, -0.1) is 0 Å². The van der Waals surface area contributed by atoms with Gasteiger partial charge < -0.3 is 15.1 Å². The van der Waals surface area contributed by atoms with Crippen LogP contribution in [0.1, 0.15) is 24.4 Å². The van der Waals surface area contributed by atoms with Crippen LogP contribution >= 0.6 is 11.6 Å². The fourth-order valence-corrected chi connectivity index (χ4v) is 3.36. The summed E-state index contributed by atoms with van der Waals surface area (Å²) in [5, 5.41) is 4.22. The topological polar surface area (TPSA) is 18.5 Å². The van der Waals surface area contributed by atoms with Gasteiger partial charge in [0.1, 0.15) is 0 Å². The molecule has 2 rings (SSSR count). The van der Waals surface area contributed by atoms with Crippen LogP contribution in [0.5, 0.6) is 0 Å². The van der Waals surface area contributed by atoms with Crippen LogP contribution in [-0.4, -0.2) is 57.1 Å². The Kier molecular flexibility index (Phi) is 6.49. The molecule has 0 radical (unpaired) electrons. The molecule has 1 aliphatic heterocycles. The molecule has 118 valence electrons. The molecule has 0 amide bonds. The number of benzene rings is 1. The summed E-state index contributed by atoms with van der Waals surface area (Å²) in [6.45, 7) is 4.83. The molecule has 4 heteroatoms. The lowest BCUT2D eigenvalue weighted by Crippen LogP contribution is -2.30. The largest absolute Gasteiger partial charge is 0.313 e. The van der Waals surface area contributed by atoms with Gasteiger partial charge in [-0.3, -0.25) is 0 Å². The smallest absolute Gasteiger partial charge is 0.0406 e. The van der Waals surface area contributed by atoms with E-state index in [9.17, 15) is 0 Å². The normalized spacial score (nSPS) is 21.1. The zero-order chi connectivity index (χ0) is 15.2. The second-order valence-corrected chi connectivity index (χ2v) is 6.80. The maximum Gasteiger partial charge on any atom is 0.0406 e. The van der Waals surface area contributed by atoms with Crippen molar-refractivity contribution in [3.8, 4) is 0 Å². The second-order valence-electron chi connectivity index (χ2n) is 6.36. The zero-order valence-electron chi connectivity index (χ0n) is 13.5. The molecule has 0 saturated carbocycles. The van der Waals surface area contributed by atoms with Gasteiger partial charge in [0.15, 0.2) is 0 Å². The molecule has 1 aliphatic rings. The molecule has 3 nitrogen and oxygen atoms in total. The first-order valence-corrected chi connectivity index (χ1v) is 8.26. The molecular weight excluding hydrogens is 282 g/mol. The number of nitrogens with one attached hydrogen (secondary N) is 1. The van der Waals surface area contributed by atoms with Gasteiger partial charge in [-0.1, -0.05) is 23.7 Å². The third kappa shape index (κ3) is 5.26. The van der Waals surface area contributed by atoms with Crippen LogP contribution in [0, 0.1) is 5.92 Å². The molecule has 0 aromatic heterocycles. The molecule has 1 saturated heterocycles. The van der Waals surface area contributed by atoms with E-state index in [0.717, 1.165) is 23.9 Å². The summed E-state index contributed by atoms with van der Waals surface area (Å²) in [6.07, 6.45) is 2.46. The summed E-state index contributed by atoms with van der Waals surface area (Å²) in [5.74, 6) is 0.837. The minimum Gasteiger partial charge on any atom is -0.313 e. The Bertz CT molecular complexity index is 421. The first kappa shape index (κ1) is 16.8. The SMILES string of the molecule is CNC(CCN(C)CC1CCN(C)C1)c1ccc(Cl)cc1. The van der Waals surface area contributed by atoms with Crippen LogP contribution in [0.4, 0.5) is 0 Å². The molecule has 1 heterocycles. The molecule has 1 fully saturated rings. The molecule has 21 heavy (non-hydrogen) atoms. The summed E-state index contributed by atoms with van der Waals surface area (Å²) in [5.41, 5.74) is 1.32. The van der Waals surface area contributed by atoms with Crippen molar-refractivity contribution >= 4 is 11.6 Å². The Hall–Kier alpha value is -0.610. The first-order valence-electron chi connectivity index (χ1n) is 7.88. The fraction of sp³-hybridized carbons (Fsp3) is 0.647. The molecule has 1 N–H and O–H groups in total. The molecular formula is C17H28ClN3. The Balaban J connectivity index is 1.78. The van der Waals surface area contributed by atoms with E-state index in [1.54, 1.807) is 0 Å². The van der Waals surface area contributed by atoms with Gasteiger partial charge in [0.2, 0.25) is 0 Å². The quantitative estimate of drug-likeness (QED) is 0.835. The number of hydrogen-bond acceptors (Lipinski definition) is 3. The highest BCUT2D eigenvalue weighted by molar-refractivity contribution is 6.30. The minimum absolute atomic E-state index is 0.399. The van der Waals surface area contributed by atoms with Crippen molar-refractivity contribution in [2.75, 3.05) is 47.3 Å². The fourth-order valence-electron chi connectivity index (χ4n) is 3.23. The molecule has 0 aliphatic carbocycles. The van der Waals surface area contributed by atoms with Crippen LogP contribution in [0.2, 0.25) is 5.02 Å². The van der Waals surface area contributed by atoms with Crippen LogP contribution in [0.3, 0.4) is 0 Å². The third-order valence-corrected chi connectivity index (χ3v) is 4.73. The number of rotatable bonds is 7. The van der Waals surface area contributed by atoms with Gasteiger partial charge in [0.25, 0.3) is 0 Å². The monoisotopic (exact) mass is 309 g/mol. The van der Waals surface area contributed by atoms with E-state index < -0.39 is 0 Å². The summed E-state index contributed by atoms with van der Waals surface area (Å²) in [4.78, 5) is 4.91. The van der Waals surface area contributed by atoms with E-state index in [1.165, 1.54) is 31.6 Å². The number of nitrogens with zero attached hydrogens (tertiary/aromatic N) is 2. The molecule has 2 unspecified atom stereocenters. The van der Waals surface area contributed by atoms with Gasteiger partial charge in [-0.05, 0) is 70.7 Å². The van der Waals surface area contributed by atoms with E-state index in [-0.39, 0.29) is 0 Å². The number of likely N-dealkylation sites (tertiary alicyclic amines) is 1. The molecule has 2 atom stereocenters. The van der Waals surface area contributed by atoms with Gasteiger partial charge in [0, 0.05) is 24.2 Å². The highest BCUT2D eigenvalue weighted by Gasteiger charge is 2.21. The summed E-state index contributed by atoms with van der Waals surface area (Å²) < 4.78 is 0. The first-order chi connectivity index (χ1) is 10.1. The summed E-state index contributed by atoms with van der Waals surface area (Å²) >= 11 is 5.96. The maximum atomic E-state index is 5.96. The maximum absolute atomic E-state index is 5.96. The van der Waals surface area contributed by atoms with Crippen LogP contribution in [-0.2, 0) is 0 Å². The van der Waals surface area contributed by atoms with E-state index in [0.29, 0.717) is 6.04 Å². The lowest BCUT2D eigenvalue weighted by molar-refractivity contribution is 0.261. The Morgan fingerprint density at radius 1 is 1.38 bits per heavy atom. The van der Waals surface area contributed by atoms with E-state index in [1.807, 2.05) is 19.2 Å². The van der Waals surface area contributed by atoms with Gasteiger partial charge >= 0.3 is 0 Å². The van der Waals surface area contributed by atoms with Crippen molar-refractivity contribution < 1.29 is 0 Å². The average molecular weight is 310 g/mol. The van der Waals surface area contributed by atoms with E-state index in [2.05, 4.69) is 41.3 Å². The van der Waals surface area contributed by atoms with Crippen LogP contribution < -0.4 is 5.32 Å². The van der Waals surface area contributed by atoms with Crippen molar-refractivity contribution in [3.63, 3.8) is 0 Å². The lowest BCUT2D eigenvalue weighted by Gasteiger charge is -2.24. The second kappa shape index (κ2) is 8.14. The summed E-state index contributed by atoms with van der Waals surface area (Å²) in [7, 11) is 6.50. The van der Waals surface area contributed by atoms with Gasteiger partial charge in [0.05, 0.1) is 0 Å². The zero-order valence-corrected chi connectivity index (χ0v) is 14.2. The van der Waals surface area contributed by atoms with Crippen molar-refractivity contribution in [2.24, 2.45) is 5.92 Å². The number of halogens is 1. The van der Waals surface area contributed by atoms with Crippen LogP contribution in [0.15, 0.2) is 24.3 Å². The third-order valence-electron chi connectivity index (χ3n) is 4.48. The Labute approximate surface area is 134 Å². The minimum atomic E-state index is 0.399. The summed E-state index contributed by atoms with van der Waals surface area (Å²) in [6, 6.07) is 8.58. The van der Waals surface area contributed by atoms with Crippen molar-refractivity contribution in [3.05, 3.63) is 34.9 Å². The standard InChI is InChI=1S/C17H28ClN3/c1-19-17(15-4-6-16(18)7-5-15)9-11-21(3)13-14-8-10-20(2)12-14/h4-7,14,17,19H,8-13H2,1-3H3. The number of hydrogen-bond donors (Lipinski definition) is 1. The van der Waals surface area contributed by atoms with E-state index in [4.69, 9.17) is 11.6 Å². The Morgan fingerprint density at radius 2 is 2.10 bits per heavy atom. The highest BCUT2D eigenvalue weighted by Crippen LogP contribution is 2.20. The average Bonchev–Trinajstić information content (AvgIpc) is 2.86. The molecule has 0 spiro atoms. The van der Waals surface area contributed by atoms with Crippen molar-refractivity contribution in [1.82, 2.24) is 15.1 Å². The molecule has 1 aromatic rings. The highest BCUT2D eigenvalue weighted by atomic mass is 35.5. The predicted molar refractivity (Wildman–Crippen MR) is 91.0 cm³/mol. The van der Waals surface area contributed by atoms with Crippen LogP contribution in [0.25, 0.3) is 0 Å². The van der Waals surface area contributed by atoms with Crippen molar-refractivity contribution in [1.29, 1.82) is 0 Å². The van der Waals surface area contributed by atoms with E-state index >= 15 is 0 Å². The molecule has 1 aromatic carbocycles. The van der Waals surface area contributed by atoms with Gasteiger partial charge in [-0.25, -0.2) is 0 Å². The predicted octanol–water partition coefficient (Wildman–Crippen LogP) is 2.87. The van der Waals surface area contributed by atoms with Crippen molar-refractivity contribution in [2.45, 2.75) is 18.9 Å². The van der Waals surface area contributed by atoms with Gasteiger partial charge in [-0.2, -0.15) is 0 Å². The Morgan fingerprint density at radius 3 is 2.67 bits per heavy atom. The molecule has 0 bridgehead atoms. The lowest BCUT2D eigenvalue weighted by atomic mass is 10.0.